The van der Waals surface area contributed by atoms with Gasteiger partial charge in [0.15, 0.2) is 0 Å². The molecule has 5 nitrogen and oxygen atoms in total. The van der Waals surface area contributed by atoms with Gasteiger partial charge in [-0.3, -0.25) is 4.68 Å². The van der Waals surface area contributed by atoms with Gasteiger partial charge in [0.2, 0.25) is 0 Å². The van der Waals surface area contributed by atoms with Gasteiger partial charge in [-0.25, -0.2) is 4.79 Å². The summed E-state index contributed by atoms with van der Waals surface area (Å²) < 4.78 is 1.84. The monoisotopic (exact) mass is 278 g/mol. The van der Waals surface area contributed by atoms with E-state index in [0.717, 1.165) is 12.2 Å². The molecule has 2 aromatic rings. The maximum absolute atomic E-state index is 11.7. The SMILES string of the molecule is CCn1nccc1CNC(=O)Nc1ccc(Cl)cc1. The summed E-state index contributed by atoms with van der Waals surface area (Å²) in [5, 5.41) is 10.3. The van der Waals surface area contributed by atoms with E-state index in [1.54, 1.807) is 30.5 Å². The maximum atomic E-state index is 11.7. The lowest BCUT2D eigenvalue weighted by atomic mass is 10.3. The van der Waals surface area contributed by atoms with Gasteiger partial charge in [0.05, 0.1) is 12.2 Å². The van der Waals surface area contributed by atoms with Crippen molar-refractivity contribution in [1.29, 1.82) is 0 Å². The van der Waals surface area contributed by atoms with Crippen molar-refractivity contribution < 1.29 is 4.79 Å². The summed E-state index contributed by atoms with van der Waals surface area (Å²) in [5.41, 5.74) is 1.67. The standard InChI is InChI=1S/C13H15ClN4O/c1-2-18-12(7-8-16-18)9-15-13(19)17-11-5-3-10(14)4-6-11/h3-8H,2,9H2,1H3,(H2,15,17,19). The van der Waals surface area contributed by atoms with Crippen molar-refractivity contribution in [3.05, 3.63) is 47.2 Å². The third-order valence-electron chi connectivity index (χ3n) is 2.64. The van der Waals surface area contributed by atoms with E-state index in [-0.39, 0.29) is 6.03 Å². The molecule has 0 atom stereocenters. The summed E-state index contributed by atoms with van der Waals surface area (Å²) in [4.78, 5) is 11.7. The number of rotatable bonds is 4. The number of halogens is 1. The summed E-state index contributed by atoms with van der Waals surface area (Å²) in [7, 11) is 0. The van der Waals surface area contributed by atoms with Gasteiger partial charge in [-0.1, -0.05) is 11.6 Å². The minimum Gasteiger partial charge on any atom is -0.332 e. The van der Waals surface area contributed by atoms with E-state index in [0.29, 0.717) is 17.3 Å². The van der Waals surface area contributed by atoms with Gasteiger partial charge in [0.1, 0.15) is 0 Å². The lowest BCUT2D eigenvalue weighted by Crippen LogP contribution is -2.29. The van der Waals surface area contributed by atoms with E-state index in [4.69, 9.17) is 11.6 Å². The molecule has 2 N–H and O–H groups in total. The number of nitrogens with one attached hydrogen (secondary N) is 2. The summed E-state index contributed by atoms with van der Waals surface area (Å²) in [6, 6.07) is 8.57. The molecular weight excluding hydrogens is 264 g/mol. The Hall–Kier alpha value is -2.01. The summed E-state index contributed by atoms with van der Waals surface area (Å²) >= 11 is 5.77. The van der Waals surface area contributed by atoms with Gasteiger partial charge >= 0.3 is 6.03 Å². The van der Waals surface area contributed by atoms with Gasteiger partial charge in [-0.2, -0.15) is 5.10 Å². The molecule has 1 heterocycles. The fourth-order valence-corrected chi connectivity index (χ4v) is 1.80. The lowest BCUT2D eigenvalue weighted by molar-refractivity contribution is 0.251. The van der Waals surface area contributed by atoms with Gasteiger partial charge < -0.3 is 10.6 Å². The number of aromatic nitrogens is 2. The third kappa shape index (κ3) is 3.72. The zero-order valence-electron chi connectivity index (χ0n) is 10.6. The number of hydrogen-bond donors (Lipinski definition) is 2. The van der Waals surface area contributed by atoms with Crippen LogP contribution < -0.4 is 10.6 Å². The van der Waals surface area contributed by atoms with Gasteiger partial charge in [0, 0.05) is 23.5 Å². The van der Waals surface area contributed by atoms with Crippen molar-refractivity contribution in [2.24, 2.45) is 0 Å². The zero-order chi connectivity index (χ0) is 13.7. The summed E-state index contributed by atoms with van der Waals surface area (Å²) in [6.07, 6.45) is 1.72. The second-order valence-corrected chi connectivity index (χ2v) is 4.39. The van der Waals surface area contributed by atoms with Crippen LogP contribution in [0.1, 0.15) is 12.6 Å². The number of amides is 2. The van der Waals surface area contributed by atoms with Crippen LogP contribution in [0.25, 0.3) is 0 Å². The van der Waals surface area contributed by atoms with Crippen molar-refractivity contribution in [3.63, 3.8) is 0 Å². The third-order valence-corrected chi connectivity index (χ3v) is 2.89. The number of aryl methyl sites for hydroxylation is 1. The summed E-state index contributed by atoms with van der Waals surface area (Å²) in [6.45, 7) is 3.22. The fraction of sp³-hybridized carbons (Fsp3) is 0.231. The van der Waals surface area contributed by atoms with Crippen LogP contribution in [0.3, 0.4) is 0 Å². The van der Waals surface area contributed by atoms with E-state index >= 15 is 0 Å². The first-order chi connectivity index (χ1) is 9.19. The van der Waals surface area contributed by atoms with Crippen LogP contribution in [-0.2, 0) is 13.1 Å². The van der Waals surface area contributed by atoms with Crippen molar-refractivity contribution in [2.75, 3.05) is 5.32 Å². The highest BCUT2D eigenvalue weighted by Crippen LogP contribution is 2.13. The normalized spacial score (nSPS) is 10.2. The highest BCUT2D eigenvalue weighted by Gasteiger charge is 2.04. The first-order valence-electron chi connectivity index (χ1n) is 6.00. The predicted octanol–water partition coefficient (Wildman–Crippen LogP) is 2.88. The number of urea groups is 1. The Balaban J connectivity index is 1.86. The Labute approximate surface area is 116 Å². The van der Waals surface area contributed by atoms with Crippen LogP contribution in [0.5, 0.6) is 0 Å². The molecule has 2 amide bonds. The Morgan fingerprint density at radius 1 is 1.32 bits per heavy atom. The molecule has 0 aliphatic carbocycles. The van der Waals surface area contributed by atoms with Crippen molar-refractivity contribution in [3.8, 4) is 0 Å². The molecule has 0 radical (unpaired) electrons. The van der Waals surface area contributed by atoms with Gasteiger partial charge in [-0.15, -0.1) is 0 Å². The maximum Gasteiger partial charge on any atom is 0.319 e. The molecule has 0 saturated carbocycles. The minimum absolute atomic E-state index is 0.258. The molecule has 0 unspecified atom stereocenters. The predicted molar refractivity (Wildman–Crippen MR) is 75.2 cm³/mol. The van der Waals surface area contributed by atoms with Crippen LogP contribution >= 0.6 is 11.6 Å². The number of hydrogen-bond acceptors (Lipinski definition) is 2. The van der Waals surface area contributed by atoms with Crippen molar-refractivity contribution in [2.45, 2.75) is 20.0 Å². The molecule has 6 heteroatoms. The van der Waals surface area contributed by atoms with Crippen LogP contribution in [0.4, 0.5) is 10.5 Å². The highest BCUT2D eigenvalue weighted by molar-refractivity contribution is 6.30. The molecule has 2 rings (SSSR count). The van der Waals surface area contributed by atoms with E-state index in [1.165, 1.54) is 0 Å². The fourth-order valence-electron chi connectivity index (χ4n) is 1.67. The van der Waals surface area contributed by atoms with Gasteiger partial charge in [-0.05, 0) is 37.3 Å². The molecule has 0 bridgehead atoms. The average Bonchev–Trinajstić information content (AvgIpc) is 2.86. The van der Waals surface area contributed by atoms with Crippen molar-refractivity contribution >= 4 is 23.3 Å². The Bertz CT molecular complexity index is 550. The second-order valence-electron chi connectivity index (χ2n) is 3.95. The van der Waals surface area contributed by atoms with Crippen molar-refractivity contribution in [1.82, 2.24) is 15.1 Å². The molecule has 0 spiro atoms. The van der Waals surface area contributed by atoms with E-state index < -0.39 is 0 Å². The number of carbonyl (C=O) groups excluding carboxylic acids is 1. The van der Waals surface area contributed by atoms with Crippen LogP contribution in [-0.4, -0.2) is 15.8 Å². The molecule has 0 aliphatic rings. The number of nitrogens with zero attached hydrogens (tertiary/aromatic N) is 2. The number of anilines is 1. The molecule has 0 saturated heterocycles. The van der Waals surface area contributed by atoms with E-state index in [9.17, 15) is 4.79 Å². The number of carbonyl (C=O) groups is 1. The quantitative estimate of drug-likeness (QED) is 0.903. The minimum atomic E-state index is -0.258. The first kappa shape index (κ1) is 13.4. The Morgan fingerprint density at radius 2 is 2.05 bits per heavy atom. The molecule has 1 aromatic heterocycles. The smallest absolute Gasteiger partial charge is 0.319 e. The molecule has 0 aliphatic heterocycles. The Morgan fingerprint density at radius 3 is 2.74 bits per heavy atom. The largest absolute Gasteiger partial charge is 0.332 e. The molecule has 100 valence electrons. The molecule has 19 heavy (non-hydrogen) atoms. The average molecular weight is 279 g/mol. The van der Waals surface area contributed by atoms with Crippen LogP contribution in [0.15, 0.2) is 36.5 Å². The van der Waals surface area contributed by atoms with Crippen LogP contribution in [0, 0.1) is 0 Å². The van der Waals surface area contributed by atoms with Crippen LogP contribution in [0.2, 0.25) is 5.02 Å². The zero-order valence-corrected chi connectivity index (χ0v) is 11.3. The lowest BCUT2D eigenvalue weighted by Gasteiger charge is -2.08. The topological polar surface area (TPSA) is 59.0 Å². The first-order valence-corrected chi connectivity index (χ1v) is 6.38. The highest BCUT2D eigenvalue weighted by atomic mass is 35.5. The summed E-state index contributed by atoms with van der Waals surface area (Å²) in [5.74, 6) is 0. The number of benzene rings is 1. The van der Waals surface area contributed by atoms with E-state index in [2.05, 4.69) is 15.7 Å². The molecular formula is C13H15ClN4O. The van der Waals surface area contributed by atoms with Gasteiger partial charge in [0.25, 0.3) is 0 Å². The Kier molecular flexibility index (Phi) is 4.41. The second kappa shape index (κ2) is 6.24. The van der Waals surface area contributed by atoms with E-state index in [1.807, 2.05) is 17.7 Å². The molecule has 1 aromatic carbocycles. The molecule has 0 fully saturated rings.